The van der Waals surface area contributed by atoms with Crippen LogP contribution in [0.3, 0.4) is 0 Å². The quantitative estimate of drug-likeness (QED) is 0.874. The van der Waals surface area contributed by atoms with Crippen LogP contribution in [0.4, 0.5) is 0 Å². The predicted octanol–water partition coefficient (Wildman–Crippen LogP) is 2.43. The van der Waals surface area contributed by atoms with E-state index in [9.17, 15) is 5.11 Å². The molecular weight excluding hydrogens is 238 g/mol. The van der Waals surface area contributed by atoms with Crippen LogP contribution in [-0.4, -0.2) is 24.9 Å². The van der Waals surface area contributed by atoms with Crippen molar-refractivity contribution in [1.82, 2.24) is 5.32 Å². The van der Waals surface area contributed by atoms with Crippen LogP contribution in [0.25, 0.3) is 0 Å². The van der Waals surface area contributed by atoms with Gasteiger partial charge in [-0.15, -0.1) is 0 Å². The molecule has 0 spiro atoms. The fraction of sp³-hybridized carbons (Fsp3) is 0.625. The van der Waals surface area contributed by atoms with Crippen LogP contribution in [0.15, 0.2) is 18.2 Å². The maximum atomic E-state index is 9.57. The summed E-state index contributed by atoms with van der Waals surface area (Å²) in [5.74, 6) is 1.59. The summed E-state index contributed by atoms with van der Waals surface area (Å²) in [4.78, 5) is 0. The SMILES string of the molecule is COc1ccc2c(c1)C(NCC1CCC(O)C1)CC2. The van der Waals surface area contributed by atoms with Crippen molar-refractivity contribution in [2.75, 3.05) is 13.7 Å². The zero-order valence-corrected chi connectivity index (χ0v) is 11.6. The van der Waals surface area contributed by atoms with E-state index in [1.165, 1.54) is 17.5 Å². The molecule has 3 atom stereocenters. The van der Waals surface area contributed by atoms with Gasteiger partial charge in [-0.05, 0) is 67.8 Å². The summed E-state index contributed by atoms with van der Waals surface area (Å²) in [7, 11) is 1.72. The van der Waals surface area contributed by atoms with Gasteiger partial charge in [0.1, 0.15) is 5.75 Å². The van der Waals surface area contributed by atoms with E-state index in [0.29, 0.717) is 12.0 Å². The minimum Gasteiger partial charge on any atom is -0.497 e. The van der Waals surface area contributed by atoms with Gasteiger partial charge < -0.3 is 15.2 Å². The summed E-state index contributed by atoms with van der Waals surface area (Å²) in [6.45, 7) is 1.03. The molecule has 0 heterocycles. The van der Waals surface area contributed by atoms with E-state index >= 15 is 0 Å². The number of nitrogens with one attached hydrogen (secondary N) is 1. The molecule has 1 aromatic carbocycles. The second-order valence-electron chi connectivity index (χ2n) is 5.90. The highest BCUT2D eigenvalue weighted by atomic mass is 16.5. The maximum absolute atomic E-state index is 9.57. The summed E-state index contributed by atoms with van der Waals surface area (Å²) in [5, 5.41) is 13.3. The van der Waals surface area contributed by atoms with Crippen LogP contribution in [0.2, 0.25) is 0 Å². The average Bonchev–Trinajstić information content (AvgIpc) is 3.02. The van der Waals surface area contributed by atoms with Gasteiger partial charge in [0.2, 0.25) is 0 Å². The summed E-state index contributed by atoms with van der Waals surface area (Å²) in [6, 6.07) is 6.87. The molecule has 0 radical (unpaired) electrons. The van der Waals surface area contributed by atoms with Crippen molar-refractivity contribution in [3.8, 4) is 5.75 Å². The van der Waals surface area contributed by atoms with Crippen molar-refractivity contribution in [3.05, 3.63) is 29.3 Å². The monoisotopic (exact) mass is 261 g/mol. The van der Waals surface area contributed by atoms with Crippen LogP contribution in [-0.2, 0) is 6.42 Å². The van der Waals surface area contributed by atoms with Crippen molar-refractivity contribution in [3.63, 3.8) is 0 Å². The Morgan fingerprint density at radius 2 is 2.21 bits per heavy atom. The third kappa shape index (κ3) is 2.77. The minimum absolute atomic E-state index is 0.0669. The first kappa shape index (κ1) is 12.9. The summed E-state index contributed by atoms with van der Waals surface area (Å²) >= 11 is 0. The molecule has 3 heteroatoms. The molecule has 0 saturated heterocycles. The van der Waals surface area contributed by atoms with Crippen LogP contribution in [0.1, 0.15) is 42.9 Å². The lowest BCUT2D eigenvalue weighted by Crippen LogP contribution is -2.25. The van der Waals surface area contributed by atoms with Gasteiger partial charge in [0.15, 0.2) is 0 Å². The fourth-order valence-corrected chi connectivity index (χ4v) is 3.46. The molecule has 1 fully saturated rings. The van der Waals surface area contributed by atoms with Gasteiger partial charge in [0, 0.05) is 6.04 Å². The number of aliphatic hydroxyl groups excluding tert-OH is 1. The molecule has 1 saturated carbocycles. The molecule has 2 aliphatic carbocycles. The summed E-state index contributed by atoms with van der Waals surface area (Å²) in [6.07, 6.45) is 5.36. The number of aryl methyl sites for hydroxylation is 1. The third-order valence-electron chi connectivity index (χ3n) is 4.60. The first-order valence-electron chi connectivity index (χ1n) is 7.34. The van der Waals surface area contributed by atoms with E-state index in [4.69, 9.17) is 4.74 Å². The largest absolute Gasteiger partial charge is 0.497 e. The Kier molecular flexibility index (Phi) is 3.76. The van der Waals surface area contributed by atoms with Crippen molar-refractivity contribution >= 4 is 0 Å². The van der Waals surface area contributed by atoms with Crippen LogP contribution >= 0.6 is 0 Å². The topological polar surface area (TPSA) is 41.5 Å². The Morgan fingerprint density at radius 3 is 2.95 bits per heavy atom. The fourth-order valence-electron chi connectivity index (χ4n) is 3.46. The number of aliphatic hydroxyl groups is 1. The molecule has 0 aromatic heterocycles. The lowest BCUT2D eigenvalue weighted by molar-refractivity contribution is 0.177. The second kappa shape index (κ2) is 5.51. The lowest BCUT2D eigenvalue weighted by atomic mass is 10.1. The molecule has 0 bridgehead atoms. The van der Waals surface area contributed by atoms with Crippen molar-refractivity contribution < 1.29 is 9.84 Å². The molecule has 0 aliphatic heterocycles. The minimum atomic E-state index is -0.0669. The Balaban J connectivity index is 1.62. The van der Waals surface area contributed by atoms with E-state index in [0.717, 1.165) is 38.0 Å². The molecule has 19 heavy (non-hydrogen) atoms. The first-order chi connectivity index (χ1) is 9.26. The molecule has 2 N–H and O–H groups in total. The number of ether oxygens (including phenoxy) is 1. The Labute approximate surface area is 115 Å². The number of fused-ring (bicyclic) bond motifs is 1. The van der Waals surface area contributed by atoms with Gasteiger partial charge in [0.05, 0.1) is 13.2 Å². The van der Waals surface area contributed by atoms with Crippen molar-refractivity contribution in [2.45, 2.75) is 44.2 Å². The van der Waals surface area contributed by atoms with E-state index in [1.807, 2.05) is 0 Å². The van der Waals surface area contributed by atoms with E-state index in [-0.39, 0.29) is 6.10 Å². The molecule has 3 nitrogen and oxygen atoms in total. The number of rotatable bonds is 4. The summed E-state index contributed by atoms with van der Waals surface area (Å²) < 4.78 is 5.32. The second-order valence-corrected chi connectivity index (χ2v) is 5.90. The van der Waals surface area contributed by atoms with E-state index in [1.54, 1.807) is 7.11 Å². The molecule has 2 aliphatic rings. The van der Waals surface area contributed by atoms with Crippen LogP contribution in [0.5, 0.6) is 5.75 Å². The highest BCUT2D eigenvalue weighted by Gasteiger charge is 2.26. The van der Waals surface area contributed by atoms with Crippen molar-refractivity contribution in [1.29, 1.82) is 0 Å². The van der Waals surface area contributed by atoms with Crippen molar-refractivity contribution in [2.24, 2.45) is 5.92 Å². The molecule has 3 unspecified atom stereocenters. The van der Waals surface area contributed by atoms with Crippen LogP contribution < -0.4 is 10.1 Å². The van der Waals surface area contributed by atoms with Gasteiger partial charge in [-0.1, -0.05) is 6.07 Å². The lowest BCUT2D eigenvalue weighted by Gasteiger charge is -2.18. The first-order valence-corrected chi connectivity index (χ1v) is 7.34. The normalized spacial score (nSPS) is 29.5. The number of benzene rings is 1. The van der Waals surface area contributed by atoms with Gasteiger partial charge in [-0.3, -0.25) is 0 Å². The van der Waals surface area contributed by atoms with Gasteiger partial charge in [0.25, 0.3) is 0 Å². The third-order valence-corrected chi connectivity index (χ3v) is 4.60. The molecule has 0 amide bonds. The van der Waals surface area contributed by atoms with E-state index in [2.05, 4.69) is 23.5 Å². The zero-order chi connectivity index (χ0) is 13.2. The molecule has 3 rings (SSSR count). The Morgan fingerprint density at radius 1 is 1.32 bits per heavy atom. The van der Waals surface area contributed by atoms with Gasteiger partial charge in [-0.2, -0.15) is 0 Å². The number of hydrogen-bond acceptors (Lipinski definition) is 3. The standard InChI is InChI=1S/C16H23NO2/c1-19-14-6-3-12-4-7-16(15(12)9-14)17-10-11-2-5-13(18)8-11/h3,6,9,11,13,16-18H,2,4-5,7-8,10H2,1H3. The summed E-state index contributed by atoms with van der Waals surface area (Å²) in [5.41, 5.74) is 2.85. The molecule has 104 valence electrons. The van der Waals surface area contributed by atoms with Gasteiger partial charge >= 0.3 is 0 Å². The molecular formula is C16H23NO2. The van der Waals surface area contributed by atoms with Crippen LogP contribution in [0, 0.1) is 5.92 Å². The van der Waals surface area contributed by atoms with Gasteiger partial charge in [-0.25, -0.2) is 0 Å². The van der Waals surface area contributed by atoms with E-state index < -0.39 is 0 Å². The number of methoxy groups -OCH3 is 1. The highest BCUT2D eigenvalue weighted by Crippen LogP contribution is 2.34. The number of hydrogen-bond donors (Lipinski definition) is 2. The maximum Gasteiger partial charge on any atom is 0.119 e. The zero-order valence-electron chi connectivity index (χ0n) is 11.6. The Bertz CT molecular complexity index is 446. The molecule has 1 aromatic rings. The average molecular weight is 261 g/mol. The predicted molar refractivity (Wildman–Crippen MR) is 75.4 cm³/mol. The smallest absolute Gasteiger partial charge is 0.119 e. The highest BCUT2D eigenvalue weighted by molar-refractivity contribution is 5.40. The Hall–Kier alpha value is -1.06.